The van der Waals surface area contributed by atoms with Gasteiger partial charge in [0.25, 0.3) is 5.91 Å². The zero-order valence-corrected chi connectivity index (χ0v) is 18.0. The summed E-state index contributed by atoms with van der Waals surface area (Å²) in [5, 5.41) is 0. The van der Waals surface area contributed by atoms with E-state index in [0.29, 0.717) is 31.7 Å². The standard InChI is InChI=1S/C24H22F3N3O3/c1-15-2-3-16(12-19(15)26)24(32)30-10-8-29(9-11-30)23(31)7-6-22-28-14-21(33-22)18-5-4-17(25)13-20(18)27/h2-5,12-14H,6-11H2,1H3. The average molecular weight is 457 g/mol. The number of benzene rings is 2. The Labute approximate surface area is 188 Å². The van der Waals surface area contributed by atoms with Crippen LogP contribution in [-0.4, -0.2) is 52.8 Å². The highest BCUT2D eigenvalue weighted by molar-refractivity contribution is 5.94. The first-order chi connectivity index (χ1) is 15.8. The van der Waals surface area contributed by atoms with Crippen molar-refractivity contribution < 1.29 is 27.2 Å². The van der Waals surface area contributed by atoms with E-state index in [2.05, 4.69) is 4.98 Å². The Morgan fingerprint density at radius 1 is 0.970 bits per heavy atom. The molecule has 1 saturated heterocycles. The molecule has 172 valence electrons. The van der Waals surface area contributed by atoms with Crippen LogP contribution in [0.5, 0.6) is 0 Å². The van der Waals surface area contributed by atoms with E-state index in [9.17, 15) is 22.8 Å². The summed E-state index contributed by atoms with van der Waals surface area (Å²) >= 11 is 0. The minimum Gasteiger partial charge on any atom is -0.441 e. The lowest BCUT2D eigenvalue weighted by Gasteiger charge is -2.34. The molecule has 9 heteroatoms. The number of oxazole rings is 1. The quantitative estimate of drug-likeness (QED) is 0.581. The molecule has 1 fully saturated rings. The minimum atomic E-state index is -0.755. The molecule has 4 rings (SSSR count). The van der Waals surface area contributed by atoms with Crippen LogP contribution < -0.4 is 0 Å². The molecule has 2 heterocycles. The SMILES string of the molecule is Cc1ccc(C(=O)N2CCN(C(=O)CCc3ncc(-c4ccc(F)cc4F)o3)CC2)cc1F. The van der Waals surface area contributed by atoms with Crippen molar-refractivity contribution >= 4 is 11.8 Å². The molecule has 6 nitrogen and oxygen atoms in total. The first-order valence-corrected chi connectivity index (χ1v) is 10.5. The Bertz CT molecular complexity index is 1190. The Balaban J connectivity index is 1.29. The van der Waals surface area contributed by atoms with Gasteiger partial charge in [0.2, 0.25) is 5.91 Å². The second-order valence-electron chi connectivity index (χ2n) is 7.88. The highest BCUT2D eigenvalue weighted by atomic mass is 19.1. The third-order valence-corrected chi connectivity index (χ3v) is 5.64. The molecule has 0 aliphatic carbocycles. The van der Waals surface area contributed by atoms with Crippen molar-refractivity contribution in [3.05, 3.63) is 77.1 Å². The van der Waals surface area contributed by atoms with Gasteiger partial charge in [0.1, 0.15) is 17.5 Å². The second kappa shape index (κ2) is 9.48. The molecule has 0 unspecified atom stereocenters. The number of hydrogen-bond donors (Lipinski definition) is 0. The number of carbonyl (C=O) groups excluding carboxylic acids is 2. The third kappa shape index (κ3) is 5.08. The van der Waals surface area contributed by atoms with Gasteiger partial charge in [-0.15, -0.1) is 0 Å². The smallest absolute Gasteiger partial charge is 0.254 e. The molecule has 0 bridgehead atoms. The summed E-state index contributed by atoms with van der Waals surface area (Å²) in [6.45, 7) is 3.08. The van der Waals surface area contributed by atoms with Gasteiger partial charge in [0.05, 0.1) is 11.8 Å². The molecule has 2 aromatic carbocycles. The predicted molar refractivity (Wildman–Crippen MR) is 114 cm³/mol. The molecule has 0 radical (unpaired) electrons. The number of aromatic nitrogens is 1. The normalized spacial score (nSPS) is 13.9. The molecule has 33 heavy (non-hydrogen) atoms. The van der Waals surface area contributed by atoms with Crippen molar-refractivity contribution in [3.63, 3.8) is 0 Å². The lowest BCUT2D eigenvalue weighted by atomic mass is 10.1. The summed E-state index contributed by atoms with van der Waals surface area (Å²) in [6, 6.07) is 7.57. The first-order valence-electron chi connectivity index (χ1n) is 10.5. The van der Waals surface area contributed by atoms with Gasteiger partial charge in [0.15, 0.2) is 11.7 Å². The van der Waals surface area contributed by atoms with Crippen LogP contribution in [-0.2, 0) is 11.2 Å². The highest BCUT2D eigenvalue weighted by Crippen LogP contribution is 2.24. The van der Waals surface area contributed by atoms with Crippen molar-refractivity contribution in [3.8, 4) is 11.3 Å². The summed E-state index contributed by atoms with van der Waals surface area (Å²) in [4.78, 5) is 32.5. The fourth-order valence-corrected chi connectivity index (χ4v) is 3.68. The highest BCUT2D eigenvalue weighted by Gasteiger charge is 2.25. The van der Waals surface area contributed by atoms with E-state index < -0.39 is 17.5 Å². The number of piperazine rings is 1. The van der Waals surface area contributed by atoms with E-state index >= 15 is 0 Å². The average Bonchev–Trinajstić information content (AvgIpc) is 3.27. The van der Waals surface area contributed by atoms with Crippen LogP contribution in [0.25, 0.3) is 11.3 Å². The van der Waals surface area contributed by atoms with E-state index in [1.807, 2.05) is 0 Å². The minimum absolute atomic E-state index is 0.0933. The van der Waals surface area contributed by atoms with E-state index in [1.165, 1.54) is 18.3 Å². The van der Waals surface area contributed by atoms with E-state index in [1.54, 1.807) is 28.9 Å². The zero-order chi connectivity index (χ0) is 23.5. The van der Waals surface area contributed by atoms with Crippen LogP contribution in [0.3, 0.4) is 0 Å². The molecule has 1 aliphatic heterocycles. The number of hydrogen-bond acceptors (Lipinski definition) is 4. The summed E-state index contributed by atoms with van der Waals surface area (Å²) < 4.78 is 46.3. The van der Waals surface area contributed by atoms with Gasteiger partial charge in [-0.1, -0.05) is 6.07 Å². The number of carbonyl (C=O) groups is 2. The van der Waals surface area contributed by atoms with Crippen molar-refractivity contribution in [2.75, 3.05) is 26.2 Å². The van der Waals surface area contributed by atoms with Gasteiger partial charge in [-0.2, -0.15) is 0 Å². The van der Waals surface area contributed by atoms with Gasteiger partial charge in [-0.25, -0.2) is 18.2 Å². The van der Waals surface area contributed by atoms with Gasteiger partial charge < -0.3 is 14.2 Å². The van der Waals surface area contributed by atoms with Crippen LogP contribution in [0.4, 0.5) is 13.2 Å². The van der Waals surface area contributed by atoms with Gasteiger partial charge in [-0.05, 0) is 36.8 Å². The topological polar surface area (TPSA) is 66.7 Å². The molecule has 0 atom stereocenters. The Morgan fingerprint density at radius 3 is 2.39 bits per heavy atom. The molecule has 1 aromatic heterocycles. The monoisotopic (exact) mass is 457 g/mol. The molecule has 2 amide bonds. The molecule has 0 saturated carbocycles. The van der Waals surface area contributed by atoms with Crippen LogP contribution in [0.15, 0.2) is 47.0 Å². The van der Waals surface area contributed by atoms with E-state index in [-0.39, 0.29) is 47.4 Å². The molecule has 3 aromatic rings. The Kier molecular flexibility index (Phi) is 6.48. The molecular formula is C24H22F3N3O3. The lowest BCUT2D eigenvalue weighted by Crippen LogP contribution is -2.50. The second-order valence-corrected chi connectivity index (χ2v) is 7.88. The third-order valence-electron chi connectivity index (χ3n) is 5.64. The maximum Gasteiger partial charge on any atom is 0.254 e. The fraction of sp³-hybridized carbons (Fsp3) is 0.292. The predicted octanol–water partition coefficient (Wildman–Crippen LogP) is 3.98. The van der Waals surface area contributed by atoms with Gasteiger partial charge in [0, 0.05) is 50.7 Å². The van der Waals surface area contributed by atoms with E-state index in [0.717, 1.165) is 12.1 Å². The number of halogens is 3. The lowest BCUT2D eigenvalue weighted by molar-refractivity contribution is -0.132. The van der Waals surface area contributed by atoms with Gasteiger partial charge in [-0.3, -0.25) is 9.59 Å². The number of rotatable bonds is 5. The Hall–Kier alpha value is -3.62. The summed E-state index contributed by atoms with van der Waals surface area (Å²) in [5.41, 5.74) is 0.855. The molecular weight excluding hydrogens is 435 g/mol. The Morgan fingerprint density at radius 2 is 1.70 bits per heavy atom. The largest absolute Gasteiger partial charge is 0.441 e. The van der Waals surface area contributed by atoms with E-state index in [4.69, 9.17) is 4.42 Å². The first kappa shape index (κ1) is 22.6. The number of amides is 2. The number of nitrogens with zero attached hydrogens (tertiary/aromatic N) is 3. The van der Waals surface area contributed by atoms with Crippen molar-refractivity contribution in [1.29, 1.82) is 0 Å². The van der Waals surface area contributed by atoms with Crippen molar-refractivity contribution in [2.45, 2.75) is 19.8 Å². The number of aryl methyl sites for hydroxylation is 2. The maximum absolute atomic E-state index is 13.9. The molecule has 0 N–H and O–H groups in total. The van der Waals surface area contributed by atoms with Crippen LogP contribution in [0.2, 0.25) is 0 Å². The van der Waals surface area contributed by atoms with Crippen LogP contribution in [0.1, 0.15) is 28.2 Å². The van der Waals surface area contributed by atoms with Gasteiger partial charge >= 0.3 is 0 Å². The molecule has 0 spiro atoms. The summed E-state index contributed by atoms with van der Waals surface area (Å²) in [5.74, 6) is -1.81. The van der Waals surface area contributed by atoms with Crippen LogP contribution >= 0.6 is 0 Å². The van der Waals surface area contributed by atoms with Crippen molar-refractivity contribution in [1.82, 2.24) is 14.8 Å². The van der Waals surface area contributed by atoms with Crippen molar-refractivity contribution in [2.24, 2.45) is 0 Å². The zero-order valence-electron chi connectivity index (χ0n) is 18.0. The maximum atomic E-state index is 13.9. The molecule has 1 aliphatic rings. The summed E-state index contributed by atoms with van der Waals surface area (Å²) in [6.07, 6.45) is 1.71. The van der Waals surface area contributed by atoms with Crippen LogP contribution in [0, 0.1) is 24.4 Å². The summed E-state index contributed by atoms with van der Waals surface area (Å²) in [7, 11) is 0. The fourth-order valence-electron chi connectivity index (χ4n) is 3.68.